The Morgan fingerprint density at radius 2 is 1.96 bits per heavy atom. The fraction of sp³-hybridized carbons (Fsp3) is 0.350. The summed E-state index contributed by atoms with van der Waals surface area (Å²) in [5, 5.41) is 14.6. The van der Waals surface area contributed by atoms with Gasteiger partial charge in [0.1, 0.15) is 17.2 Å². The highest BCUT2D eigenvalue weighted by atomic mass is 32.1. The third-order valence-corrected chi connectivity index (χ3v) is 5.28. The molecule has 28 heavy (non-hydrogen) atoms. The summed E-state index contributed by atoms with van der Waals surface area (Å²) in [4.78, 5) is 8.87. The van der Waals surface area contributed by atoms with Crippen LogP contribution in [-0.2, 0) is 0 Å². The number of phenols is 1. The first-order valence-electron chi connectivity index (χ1n) is 9.35. The zero-order valence-corrected chi connectivity index (χ0v) is 16.6. The first-order chi connectivity index (χ1) is 13.6. The molecule has 2 aliphatic rings. The van der Waals surface area contributed by atoms with E-state index in [1.54, 1.807) is 12.1 Å². The topological polar surface area (TPSA) is 73.2 Å². The molecule has 2 aromatic rings. The molecular weight excluding hydrogens is 374 g/mol. The molecule has 1 fully saturated rings. The molecule has 0 saturated carbocycles. The fourth-order valence-corrected chi connectivity index (χ4v) is 3.60. The summed E-state index contributed by atoms with van der Waals surface area (Å²) >= 11 is 5.54. The maximum atomic E-state index is 9.43. The standard InChI is InChI=1S/C20H23N5O2S/c1-14-12-18-19(21-13-14)17(6-11-27-18)22-23-20(28)25-9-7-24(8-10-25)15-2-4-16(26)5-3-15/h2-5,12-13,26H,6-11H2,1H3,(H,23,28)/b22-17-. The van der Waals surface area contributed by atoms with Crippen molar-refractivity contribution in [3.05, 3.63) is 47.8 Å². The molecule has 0 unspecified atom stereocenters. The molecule has 1 saturated heterocycles. The first kappa shape index (κ1) is 18.5. The van der Waals surface area contributed by atoms with Crippen LogP contribution in [0.2, 0.25) is 0 Å². The lowest BCUT2D eigenvalue weighted by molar-refractivity contribution is 0.317. The van der Waals surface area contributed by atoms with Crippen LogP contribution in [0.1, 0.15) is 17.7 Å². The van der Waals surface area contributed by atoms with Crippen LogP contribution < -0.4 is 15.1 Å². The van der Waals surface area contributed by atoms with E-state index in [-0.39, 0.29) is 5.75 Å². The predicted molar refractivity (Wildman–Crippen MR) is 113 cm³/mol. The van der Waals surface area contributed by atoms with E-state index < -0.39 is 0 Å². The number of thiocarbonyl (C=S) groups is 1. The number of nitrogens with zero attached hydrogens (tertiary/aromatic N) is 4. The number of rotatable bonds is 2. The first-order valence-corrected chi connectivity index (χ1v) is 9.76. The van der Waals surface area contributed by atoms with Gasteiger partial charge in [-0.15, -0.1) is 0 Å². The number of phenolic OH excluding ortho intramolecular Hbond substituents is 1. The predicted octanol–water partition coefficient (Wildman–Crippen LogP) is 2.28. The average molecular weight is 398 g/mol. The van der Waals surface area contributed by atoms with Crippen LogP contribution >= 0.6 is 12.2 Å². The van der Waals surface area contributed by atoms with Crippen molar-refractivity contribution in [3.63, 3.8) is 0 Å². The Bertz CT molecular complexity index is 892. The van der Waals surface area contributed by atoms with Gasteiger partial charge in [-0.1, -0.05) is 0 Å². The van der Waals surface area contributed by atoms with Crippen molar-refractivity contribution in [1.82, 2.24) is 15.3 Å². The summed E-state index contributed by atoms with van der Waals surface area (Å²) in [6.45, 7) is 5.94. The van der Waals surface area contributed by atoms with Crippen LogP contribution in [0.4, 0.5) is 5.69 Å². The third kappa shape index (κ3) is 4.01. The van der Waals surface area contributed by atoms with Crippen LogP contribution in [0.25, 0.3) is 0 Å². The van der Waals surface area contributed by atoms with E-state index in [2.05, 4.69) is 25.3 Å². The monoisotopic (exact) mass is 397 g/mol. The van der Waals surface area contributed by atoms with Crippen LogP contribution in [0, 0.1) is 6.92 Å². The molecule has 2 N–H and O–H groups in total. The number of anilines is 1. The lowest BCUT2D eigenvalue weighted by Crippen LogP contribution is -2.51. The van der Waals surface area contributed by atoms with Gasteiger partial charge in [0.25, 0.3) is 0 Å². The largest absolute Gasteiger partial charge is 0.508 e. The molecule has 0 amide bonds. The summed E-state index contributed by atoms with van der Waals surface area (Å²) in [5.74, 6) is 1.06. The number of fused-ring (bicyclic) bond motifs is 1. The molecule has 8 heteroatoms. The highest BCUT2D eigenvalue weighted by molar-refractivity contribution is 7.80. The minimum atomic E-state index is 0.284. The SMILES string of the molecule is Cc1cnc2c(c1)OCC/C2=N/NC(=S)N1CCN(c2ccc(O)cc2)CC1. The number of hydrazone groups is 1. The van der Waals surface area contributed by atoms with Crippen LogP contribution in [0.15, 0.2) is 41.6 Å². The maximum absolute atomic E-state index is 9.43. The van der Waals surface area contributed by atoms with Crippen molar-refractivity contribution in [3.8, 4) is 11.5 Å². The number of hydrogen-bond acceptors (Lipinski definition) is 6. The van der Waals surface area contributed by atoms with E-state index in [9.17, 15) is 5.11 Å². The van der Waals surface area contributed by atoms with E-state index in [1.807, 2.05) is 31.3 Å². The summed E-state index contributed by atoms with van der Waals surface area (Å²) in [7, 11) is 0. The summed E-state index contributed by atoms with van der Waals surface area (Å²) in [5.41, 5.74) is 6.86. The third-order valence-electron chi connectivity index (χ3n) is 4.93. The van der Waals surface area contributed by atoms with Crippen molar-refractivity contribution in [2.75, 3.05) is 37.7 Å². The second kappa shape index (κ2) is 8.02. The number of aromatic hydroxyl groups is 1. The molecular formula is C20H23N5O2S. The minimum Gasteiger partial charge on any atom is -0.508 e. The highest BCUT2D eigenvalue weighted by Crippen LogP contribution is 2.24. The van der Waals surface area contributed by atoms with E-state index in [1.165, 1.54) is 0 Å². The number of ether oxygens (including phenoxy) is 1. The molecule has 0 atom stereocenters. The van der Waals surface area contributed by atoms with Crippen LogP contribution in [0.3, 0.4) is 0 Å². The lowest BCUT2D eigenvalue weighted by atomic mass is 10.1. The van der Waals surface area contributed by atoms with E-state index in [0.29, 0.717) is 18.1 Å². The number of hydrogen-bond donors (Lipinski definition) is 2. The van der Waals surface area contributed by atoms with Crippen molar-refractivity contribution in [1.29, 1.82) is 0 Å². The van der Waals surface area contributed by atoms with E-state index >= 15 is 0 Å². The van der Waals surface area contributed by atoms with Gasteiger partial charge < -0.3 is 19.6 Å². The Labute approximate surface area is 169 Å². The van der Waals surface area contributed by atoms with Crippen molar-refractivity contribution in [2.24, 2.45) is 5.10 Å². The Balaban J connectivity index is 1.35. The summed E-state index contributed by atoms with van der Waals surface area (Å²) in [6, 6.07) is 9.28. The Morgan fingerprint density at radius 1 is 1.21 bits per heavy atom. The van der Waals surface area contributed by atoms with Gasteiger partial charge in [-0.3, -0.25) is 10.4 Å². The zero-order chi connectivity index (χ0) is 19.5. The van der Waals surface area contributed by atoms with Gasteiger partial charge in [0, 0.05) is 44.5 Å². The van der Waals surface area contributed by atoms with Gasteiger partial charge in [0.2, 0.25) is 0 Å². The molecule has 3 heterocycles. The number of aryl methyl sites for hydroxylation is 1. The van der Waals surface area contributed by atoms with E-state index in [4.69, 9.17) is 17.0 Å². The molecule has 2 aliphatic heterocycles. The number of benzene rings is 1. The molecule has 7 nitrogen and oxygen atoms in total. The second-order valence-electron chi connectivity index (χ2n) is 6.92. The molecule has 0 radical (unpaired) electrons. The van der Waals surface area contributed by atoms with Crippen molar-refractivity contribution in [2.45, 2.75) is 13.3 Å². The molecule has 1 aromatic carbocycles. The van der Waals surface area contributed by atoms with Gasteiger partial charge in [-0.2, -0.15) is 5.10 Å². The van der Waals surface area contributed by atoms with Gasteiger partial charge in [-0.05, 0) is 55.0 Å². The van der Waals surface area contributed by atoms with Crippen LogP contribution in [-0.4, -0.2) is 58.6 Å². The number of pyridine rings is 1. The van der Waals surface area contributed by atoms with E-state index in [0.717, 1.165) is 54.6 Å². The number of aromatic nitrogens is 1. The summed E-state index contributed by atoms with van der Waals surface area (Å²) < 4.78 is 5.68. The zero-order valence-electron chi connectivity index (χ0n) is 15.8. The fourth-order valence-electron chi connectivity index (χ4n) is 3.37. The molecule has 0 aliphatic carbocycles. The lowest BCUT2D eigenvalue weighted by Gasteiger charge is -2.37. The normalized spacial score (nSPS) is 17.8. The minimum absolute atomic E-state index is 0.284. The quantitative estimate of drug-likeness (QED) is 0.595. The average Bonchev–Trinajstić information content (AvgIpc) is 2.72. The second-order valence-corrected chi connectivity index (χ2v) is 7.31. The van der Waals surface area contributed by atoms with Crippen LogP contribution in [0.5, 0.6) is 11.5 Å². The Morgan fingerprint density at radius 3 is 2.71 bits per heavy atom. The Hall–Kier alpha value is -2.87. The van der Waals surface area contributed by atoms with Gasteiger partial charge in [-0.25, -0.2) is 0 Å². The number of piperazine rings is 1. The molecule has 1 aromatic heterocycles. The van der Waals surface area contributed by atoms with Gasteiger partial charge >= 0.3 is 0 Å². The highest BCUT2D eigenvalue weighted by Gasteiger charge is 2.21. The van der Waals surface area contributed by atoms with Gasteiger partial charge in [0.05, 0.1) is 12.3 Å². The maximum Gasteiger partial charge on any atom is 0.189 e. The molecule has 0 spiro atoms. The molecule has 146 valence electrons. The summed E-state index contributed by atoms with van der Waals surface area (Å²) in [6.07, 6.45) is 2.53. The van der Waals surface area contributed by atoms with Crippen molar-refractivity contribution >= 4 is 28.7 Å². The van der Waals surface area contributed by atoms with Gasteiger partial charge in [0.15, 0.2) is 5.11 Å². The molecule has 0 bridgehead atoms. The molecule has 4 rings (SSSR count). The number of nitrogens with one attached hydrogen (secondary N) is 1. The van der Waals surface area contributed by atoms with Crippen molar-refractivity contribution < 1.29 is 9.84 Å². The Kier molecular flexibility index (Phi) is 5.29. The smallest absolute Gasteiger partial charge is 0.189 e.